The van der Waals surface area contributed by atoms with E-state index in [1.54, 1.807) is 12.1 Å². The molecule has 1 aliphatic heterocycles. The summed E-state index contributed by atoms with van der Waals surface area (Å²) in [6, 6.07) is 17.2. The van der Waals surface area contributed by atoms with Crippen molar-refractivity contribution in [3.63, 3.8) is 0 Å². The van der Waals surface area contributed by atoms with E-state index < -0.39 is 0 Å². The number of rotatable bonds is 3. The van der Waals surface area contributed by atoms with Gasteiger partial charge < -0.3 is 10.2 Å². The van der Waals surface area contributed by atoms with Crippen LogP contribution in [0.3, 0.4) is 0 Å². The molecule has 0 bridgehead atoms. The van der Waals surface area contributed by atoms with E-state index in [-0.39, 0.29) is 5.91 Å². The number of amides is 1. The third kappa shape index (κ3) is 4.79. The minimum absolute atomic E-state index is 0.211. The van der Waals surface area contributed by atoms with Crippen LogP contribution in [0.5, 0.6) is 0 Å². The highest BCUT2D eigenvalue weighted by molar-refractivity contribution is 7.80. The minimum Gasteiger partial charge on any atom is -0.372 e. The quantitative estimate of drug-likeness (QED) is 0.817. The molecule has 1 heterocycles. The number of anilines is 2. The van der Waals surface area contributed by atoms with Crippen LogP contribution in [0.4, 0.5) is 11.4 Å². The van der Waals surface area contributed by atoms with Gasteiger partial charge in [-0.2, -0.15) is 0 Å². The van der Waals surface area contributed by atoms with Crippen LogP contribution in [0.1, 0.15) is 30.1 Å². The highest BCUT2D eigenvalue weighted by atomic mass is 32.1. The summed E-state index contributed by atoms with van der Waals surface area (Å²) in [6.45, 7) is 4.54. The molecule has 0 radical (unpaired) electrons. The van der Waals surface area contributed by atoms with Gasteiger partial charge in [-0.15, -0.1) is 0 Å². The van der Waals surface area contributed by atoms with Crippen molar-refractivity contribution in [3.05, 3.63) is 60.2 Å². The fourth-order valence-electron chi connectivity index (χ4n) is 2.95. The Bertz CT molecular complexity index is 722. The molecular formula is C20H23N3OS. The van der Waals surface area contributed by atoms with Crippen molar-refractivity contribution < 1.29 is 4.79 Å². The molecule has 2 N–H and O–H groups in total. The third-order valence-electron chi connectivity index (χ3n) is 4.54. The van der Waals surface area contributed by atoms with Crippen LogP contribution in [-0.2, 0) is 0 Å². The monoisotopic (exact) mass is 353 g/mol. The maximum atomic E-state index is 12.1. The summed E-state index contributed by atoms with van der Waals surface area (Å²) in [7, 11) is 0. The van der Waals surface area contributed by atoms with Crippen LogP contribution in [-0.4, -0.2) is 24.1 Å². The van der Waals surface area contributed by atoms with E-state index >= 15 is 0 Å². The van der Waals surface area contributed by atoms with Gasteiger partial charge in [-0.3, -0.25) is 10.1 Å². The van der Waals surface area contributed by atoms with Crippen LogP contribution in [0.25, 0.3) is 0 Å². The molecule has 0 unspecified atom stereocenters. The lowest BCUT2D eigenvalue weighted by molar-refractivity contribution is 0.0977. The molecule has 1 aliphatic rings. The van der Waals surface area contributed by atoms with Gasteiger partial charge in [-0.05, 0) is 67.4 Å². The second-order valence-electron chi connectivity index (χ2n) is 6.49. The van der Waals surface area contributed by atoms with Crippen molar-refractivity contribution in [1.82, 2.24) is 5.32 Å². The van der Waals surface area contributed by atoms with E-state index in [0.29, 0.717) is 10.7 Å². The lowest BCUT2D eigenvalue weighted by atomic mass is 9.99. The molecule has 1 amide bonds. The molecule has 0 aliphatic carbocycles. The molecular weight excluding hydrogens is 330 g/mol. The number of thiocarbonyl (C=S) groups is 1. The molecule has 4 nitrogen and oxygen atoms in total. The van der Waals surface area contributed by atoms with E-state index in [2.05, 4.69) is 34.6 Å². The van der Waals surface area contributed by atoms with E-state index in [1.165, 1.54) is 18.5 Å². The van der Waals surface area contributed by atoms with Crippen LogP contribution in [0, 0.1) is 5.92 Å². The van der Waals surface area contributed by atoms with Gasteiger partial charge >= 0.3 is 0 Å². The number of hydrogen-bond donors (Lipinski definition) is 2. The molecule has 130 valence electrons. The first-order valence-electron chi connectivity index (χ1n) is 8.64. The molecule has 0 atom stereocenters. The van der Waals surface area contributed by atoms with Crippen LogP contribution < -0.4 is 15.5 Å². The van der Waals surface area contributed by atoms with Crippen molar-refractivity contribution >= 4 is 34.6 Å². The zero-order chi connectivity index (χ0) is 17.6. The molecule has 5 heteroatoms. The van der Waals surface area contributed by atoms with Gasteiger partial charge in [0.05, 0.1) is 0 Å². The highest BCUT2D eigenvalue weighted by Gasteiger charge is 2.15. The normalized spacial score (nSPS) is 14.8. The Morgan fingerprint density at radius 3 is 2.32 bits per heavy atom. The summed E-state index contributed by atoms with van der Waals surface area (Å²) in [5.41, 5.74) is 2.69. The molecule has 2 aromatic carbocycles. The molecule has 2 aromatic rings. The summed E-state index contributed by atoms with van der Waals surface area (Å²) >= 11 is 5.23. The van der Waals surface area contributed by atoms with Gasteiger partial charge in [0.15, 0.2) is 5.11 Å². The lowest BCUT2D eigenvalue weighted by Crippen LogP contribution is -2.34. The van der Waals surface area contributed by atoms with E-state index in [1.807, 2.05) is 30.3 Å². The average molecular weight is 353 g/mol. The van der Waals surface area contributed by atoms with Crippen molar-refractivity contribution in [2.45, 2.75) is 19.8 Å². The number of piperidine rings is 1. The minimum atomic E-state index is -0.211. The predicted molar refractivity (Wildman–Crippen MR) is 107 cm³/mol. The Balaban J connectivity index is 1.54. The largest absolute Gasteiger partial charge is 0.372 e. The number of hydrogen-bond acceptors (Lipinski definition) is 3. The summed E-state index contributed by atoms with van der Waals surface area (Å²) in [5.74, 6) is 0.611. The summed E-state index contributed by atoms with van der Waals surface area (Å²) in [4.78, 5) is 14.5. The molecule has 3 rings (SSSR count). The maximum absolute atomic E-state index is 12.1. The van der Waals surface area contributed by atoms with E-state index in [0.717, 1.165) is 24.7 Å². The van der Waals surface area contributed by atoms with E-state index in [9.17, 15) is 4.79 Å². The first kappa shape index (κ1) is 17.4. The van der Waals surface area contributed by atoms with E-state index in [4.69, 9.17) is 12.2 Å². The van der Waals surface area contributed by atoms with Gasteiger partial charge in [0.1, 0.15) is 0 Å². The number of nitrogens with zero attached hydrogens (tertiary/aromatic N) is 1. The van der Waals surface area contributed by atoms with Gasteiger partial charge in [-0.1, -0.05) is 25.1 Å². The lowest BCUT2D eigenvalue weighted by Gasteiger charge is -2.32. The molecule has 0 saturated carbocycles. The Labute approximate surface area is 154 Å². The zero-order valence-electron chi connectivity index (χ0n) is 14.4. The fraction of sp³-hybridized carbons (Fsp3) is 0.300. The van der Waals surface area contributed by atoms with Crippen molar-refractivity contribution in [1.29, 1.82) is 0 Å². The van der Waals surface area contributed by atoms with Gasteiger partial charge in [0.2, 0.25) is 0 Å². The number of carbonyl (C=O) groups is 1. The maximum Gasteiger partial charge on any atom is 0.257 e. The van der Waals surface area contributed by atoms with Gasteiger partial charge in [0.25, 0.3) is 5.91 Å². The fourth-order valence-corrected chi connectivity index (χ4v) is 3.16. The Hall–Kier alpha value is -2.40. The van der Waals surface area contributed by atoms with Crippen LogP contribution >= 0.6 is 12.2 Å². The standard InChI is InChI=1S/C20H23N3OS/c1-15-11-13-23(14-12-15)18-9-7-17(8-10-18)21-20(25)22-19(24)16-5-3-2-4-6-16/h2-10,15H,11-14H2,1H3,(H2,21,22,24,25). The number of benzene rings is 2. The topological polar surface area (TPSA) is 44.4 Å². The smallest absolute Gasteiger partial charge is 0.257 e. The van der Waals surface area contributed by atoms with Gasteiger partial charge in [-0.25, -0.2) is 0 Å². The zero-order valence-corrected chi connectivity index (χ0v) is 15.2. The summed E-state index contributed by atoms with van der Waals surface area (Å²) < 4.78 is 0. The van der Waals surface area contributed by atoms with Crippen molar-refractivity contribution in [2.75, 3.05) is 23.3 Å². The second kappa shape index (κ2) is 8.12. The number of carbonyl (C=O) groups excluding carboxylic acids is 1. The molecule has 1 fully saturated rings. The second-order valence-corrected chi connectivity index (χ2v) is 6.90. The summed E-state index contributed by atoms with van der Waals surface area (Å²) in [5, 5.41) is 6.06. The number of nitrogens with one attached hydrogen (secondary N) is 2. The predicted octanol–water partition coefficient (Wildman–Crippen LogP) is 4.05. The molecule has 0 aromatic heterocycles. The van der Waals surface area contributed by atoms with Crippen molar-refractivity contribution in [3.8, 4) is 0 Å². The average Bonchev–Trinajstić information content (AvgIpc) is 2.64. The summed E-state index contributed by atoms with van der Waals surface area (Å²) in [6.07, 6.45) is 2.49. The SMILES string of the molecule is CC1CCN(c2ccc(NC(=S)NC(=O)c3ccccc3)cc2)CC1. The highest BCUT2D eigenvalue weighted by Crippen LogP contribution is 2.24. The Morgan fingerprint density at radius 2 is 1.68 bits per heavy atom. The molecule has 0 spiro atoms. The first-order valence-corrected chi connectivity index (χ1v) is 9.05. The molecule has 1 saturated heterocycles. The third-order valence-corrected chi connectivity index (χ3v) is 4.74. The Morgan fingerprint density at radius 1 is 1.04 bits per heavy atom. The van der Waals surface area contributed by atoms with Gasteiger partial charge in [0, 0.05) is 30.0 Å². The Kier molecular flexibility index (Phi) is 5.66. The van der Waals surface area contributed by atoms with Crippen LogP contribution in [0.2, 0.25) is 0 Å². The first-order chi connectivity index (χ1) is 12.1. The van der Waals surface area contributed by atoms with Crippen molar-refractivity contribution in [2.24, 2.45) is 5.92 Å². The van der Waals surface area contributed by atoms with Crippen LogP contribution in [0.15, 0.2) is 54.6 Å². The molecule has 25 heavy (non-hydrogen) atoms.